The van der Waals surface area contributed by atoms with E-state index in [1.54, 1.807) is 18.2 Å². The molecular weight excluding hydrogens is 244 g/mol. The van der Waals surface area contributed by atoms with E-state index in [0.717, 1.165) is 5.56 Å². The first-order valence-electron chi connectivity index (χ1n) is 6.16. The SMILES string of the molecule is CC(C)(N)CCC(=O)NCc1cccc(C(=O)O)c1. The quantitative estimate of drug-likeness (QED) is 0.726. The van der Waals surface area contributed by atoms with E-state index in [0.29, 0.717) is 19.4 Å². The third kappa shape index (κ3) is 6.01. The Morgan fingerprint density at radius 2 is 2.05 bits per heavy atom. The molecule has 0 bridgehead atoms. The number of nitrogens with two attached hydrogens (primary N) is 1. The second-order valence-corrected chi connectivity index (χ2v) is 5.27. The summed E-state index contributed by atoms with van der Waals surface area (Å²) in [6.45, 7) is 4.07. The second-order valence-electron chi connectivity index (χ2n) is 5.27. The number of benzene rings is 1. The van der Waals surface area contributed by atoms with E-state index in [1.807, 2.05) is 13.8 Å². The number of carbonyl (C=O) groups excluding carboxylic acids is 1. The van der Waals surface area contributed by atoms with Crippen molar-refractivity contribution in [3.8, 4) is 0 Å². The monoisotopic (exact) mass is 264 g/mol. The minimum Gasteiger partial charge on any atom is -0.478 e. The molecule has 1 aromatic carbocycles. The summed E-state index contributed by atoms with van der Waals surface area (Å²) in [7, 11) is 0. The fraction of sp³-hybridized carbons (Fsp3) is 0.429. The van der Waals surface area contributed by atoms with Crippen LogP contribution in [0.2, 0.25) is 0 Å². The van der Waals surface area contributed by atoms with Crippen molar-refractivity contribution < 1.29 is 14.7 Å². The summed E-state index contributed by atoms with van der Waals surface area (Å²) in [6.07, 6.45) is 0.968. The van der Waals surface area contributed by atoms with E-state index in [-0.39, 0.29) is 17.0 Å². The zero-order chi connectivity index (χ0) is 14.5. The molecule has 0 heterocycles. The average molecular weight is 264 g/mol. The van der Waals surface area contributed by atoms with Crippen LogP contribution in [-0.2, 0) is 11.3 Å². The Morgan fingerprint density at radius 1 is 1.37 bits per heavy atom. The summed E-state index contributed by atoms with van der Waals surface area (Å²) in [6, 6.07) is 6.51. The summed E-state index contributed by atoms with van der Waals surface area (Å²) >= 11 is 0. The number of carbonyl (C=O) groups is 2. The molecule has 19 heavy (non-hydrogen) atoms. The molecule has 5 nitrogen and oxygen atoms in total. The van der Waals surface area contributed by atoms with Crippen LogP contribution in [0.15, 0.2) is 24.3 Å². The Morgan fingerprint density at radius 3 is 2.63 bits per heavy atom. The molecule has 0 fully saturated rings. The molecule has 0 saturated heterocycles. The van der Waals surface area contributed by atoms with Gasteiger partial charge in [-0.2, -0.15) is 0 Å². The van der Waals surface area contributed by atoms with Gasteiger partial charge in [0.15, 0.2) is 0 Å². The molecule has 0 unspecified atom stereocenters. The Hall–Kier alpha value is -1.88. The van der Waals surface area contributed by atoms with E-state index in [4.69, 9.17) is 10.8 Å². The van der Waals surface area contributed by atoms with Gasteiger partial charge in [-0.15, -0.1) is 0 Å². The van der Waals surface area contributed by atoms with Crippen molar-refractivity contribution in [2.75, 3.05) is 0 Å². The zero-order valence-electron chi connectivity index (χ0n) is 11.3. The highest BCUT2D eigenvalue weighted by atomic mass is 16.4. The van der Waals surface area contributed by atoms with Crippen molar-refractivity contribution in [2.45, 2.75) is 38.8 Å². The van der Waals surface area contributed by atoms with Gasteiger partial charge in [-0.25, -0.2) is 4.79 Å². The lowest BCUT2D eigenvalue weighted by atomic mass is 10.00. The lowest BCUT2D eigenvalue weighted by Crippen LogP contribution is -2.34. The van der Waals surface area contributed by atoms with Crippen molar-refractivity contribution >= 4 is 11.9 Å². The zero-order valence-corrected chi connectivity index (χ0v) is 11.3. The van der Waals surface area contributed by atoms with Crippen molar-refractivity contribution in [1.82, 2.24) is 5.32 Å². The second kappa shape index (κ2) is 6.33. The van der Waals surface area contributed by atoms with Crippen LogP contribution >= 0.6 is 0 Å². The van der Waals surface area contributed by atoms with Gasteiger partial charge in [0.2, 0.25) is 5.91 Å². The lowest BCUT2D eigenvalue weighted by Gasteiger charge is -2.17. The molecule has 0 atom stereocenters. The van der Waals surface area contributed by atoms with E-state index < -0.39 is 5.97 Å². The Labute approximate surface area is 112 Å². The van der Waals surface area contributed by atoms with Crippen LogP contribution in [0.25, 0.3) is 0 Å². The van der Waals surface area contributed by atoms with E-state index >= 15 is 0 Å². The molecule has 0 aliphatic rings. The Balaban J connectivity index is 2.46. The number of aromatic carboxylic acids is 1. The standard InChI is InChI=1S/C14H20N2O3/c1-14(2,15)7-6-12(17)16-9-10-4-3-5-11(8-10)13(18)19/h3-5,8H,6-7,9,15H2,1-2H3,(H,16,17)(H,18,19). The average Bonchev–Trinajstić information content (AvgIpc) is 2.33. The van der Waals surface area contributed by atoms with Crippen LogP contribution in [0.4, 0.5) is 0 Å². The van der Waals surface area contributed by atoms with Crippen LogP contribution in [0.1, 0.15) is 42.6 Å². The van der Waals surface area contributed by atoms with Crippen molar-refractivity contribution in [3.63, 3.8) is 0 Å². The predicted octanol–water partition coefficient (Wildman–Crippen LogP) is 1.52. The maximum absolute atomic E-state index is 11.6. The smallest absolute Gasteiger partial charge is 0.335 e. The normalized spacial score (nSPS) is 11.1. The molecule has 1 amide bonds. The largest absolute Gasteiger partial charge is 0.478 e. The fourth-order valence-electron chi connectivity index (χ4n) is 1.54. The van der Waals surface area contributed by atoms with Crippen molar-refractivity contribution in [1.29, 1.82) is 0 Å². The number of hydrogen-bond donors (Lipinski definition) is 3. The summed E-state index contributed by atoms with van der Waals surface area (Å²) in [5, 5.41) is 11.6. The van der Waals surface area contributed by atoms with Gasteiger partial charge in [0.05, 0.1) is 5.56 Å². The first-order valence-corrected chi connectivity index (χ1v) is 6.16. The number of amides is 1. The Bertz CT molecular complexity index is 464. The highest BCUT2D eigenvalue weighted by Crippen LogP contribution is 2.08. The molecule has 0 aliphatic carbocycles. The summed E-state index contributed by atoms with van der Waals surface area (Å²) < 4.78 is 0. The lowest BCUT2D eigenvalue weighted by molar-refractivity contribution is -0.121. The molecule has 5 heteroatoms. The van der Waals surface area contributed by atoms with Gasteiger partial charge in [0.1, 0.15) is 0 Å². The molecule has 0 aromatic heterocycles. The van der Waals surface area contributed by atoms with Gasteiger partial charge in [0.25, 0.3) is 0 Å². The molecule has 1 aromatic rings. The summed E-state index contributed by atoms with van der Waals surface area (Å²) in [5.41, 5.74) is 6.42. The maximum atomic E-state index is 11.6. The topological polar surface area (TPSA) is 92.4 Å². The Kier molecular flexibility index (Phi) is 5.06. The molecule has 0 saturated carbocycles. The van der Waals surface area contributed by atoms with E-state index in [2.05, 4.69) is 5.32 Å². The van der Waals surface area contributed by atoms with Crippen LogP contribution in [0.3, 0.4) is 0 Å². The molecule has 4 N–H and O–H groups in total. The van der Waals surface area contributed by atoms with E-state index in [9.17, 15) is 9.59 Å². The third-order valence-electron chi connectivity index (χ3n) is 2.66. The molecule has 0 radical (unpaired) electrons. The number of hydrogen-bond acceptors (Lipinski definition) is 3. The van der Waals surface area contributed by atoms with Crippen LogP contribution in [0.5, 0.6) is 0 Å². The van der Waals surface area contributed by atoms with Crippen LogP contribution < -0.4 is 11.1 Å². The minimum atomic E-state index is -0.974. The molecule has 1 rings (SSSR count). The number of rotatable bonds is 6. The van der Waals surface area contributed by atoms with Crippen LogP contribution in [0, 0.1) is 0 Å². The predicted molar refractivity (Wildman–Crippen MR) is 72.7 cm³/mol. The molecular formula is C14H20N2O3. The first kappa shape index (κ1) is 15.2. The number of nitrogens with one attached hydrogen (secondary N) is 1. The fourth-order valence-corrected chi connectivity index (χ4v) is 1.54. The summed E-state index contributed by atoms with van der Waals surface area (Å²) in [4.78, 5) is 22.4. The summed E-state index contributed by atoms with van der Waals surface area (Å²) in [5.74, 6) is -1.06. The van der Waals surface area contributed by atoms with E-state index in [1.165, 1.54) is 6.07 Å². The van der Waals surface area contributed by atoms with Gasteiger partial charge in [0, 0.05) is 18.5 Å². The highest BCUT2D eigenvalue weighted by molar-refractivity contribution is 5.87. The van der Waals surface area contributed by atoms with Gasteiger partial charge < -0.3 is 16.2 Å². The van der Waals surface area contributed by atoms with Crippen molar-refractivity contribution in [3.05, 3.63) is 35.4 Å². The van der Waals surface area contributed by atoms with Gasteiger partial charge in [-0.3, -0.25) is 4.79 Å². The van der Waals surface area contributed by atoms with Gasteiger partial charge >= 0.3 is 5.97 Å². The van der Waals surface area contributed by atoms with Gasteiger partial charge in [-0.05, 0) is 38.0 Å². The molecule has 0 aliphatic heterocycles. The third-order valence-corrected chi connectivity index (χ3v) is 2.66. The maximum Gasteiger partial charge on any atom is 0.335 e. The minimum absolute atomic E-state index is 0.0840. The van der Waals surface area contributed by atoms with Crippen molar-refractivity contribution in [2.24, 2.45) is 5.73 Å². The number of carboxylic acid groups (broad SMARTS) is 1. The number of carboxylic acids is 1. The van der Waals surface area contributed by atoms with Crippen LogP contribution in [-0.4, -0.2) is 22.5 Å². The first-order chi connectivity index (χ1) is 8.78. The van der Waals surface area contributed by atoms with Gasteiger partial charge in [-0.1, -0.05) is 12.1 Å². The molecule has 0 spiro atoms. The highest BCUT2D eigenvalue weighted by Gasteiger charge is 2.13. The molecule has 104 valence electrons.